The number of aromatic amines is 1. The van der Waals surface area contributed by atoms with Crippen molar-refractivity contribution in [1.29, 1.82) is 0 Å². The molecule has 0 fully saturated rings. The van der Waals surface area contributed by atoms with Crippen LogP contribution in [-0.4, -0.2) is 33.4 Å². The highest BCUT2D eigenvalue weighted by Crippen LogP contribution is 2.24. The van der Waals surface area contributed by atoms with Gasteiger partial charge in [0.05, 0.1) is 18.5 Å². The summed E-state index contributed by atoms with van der Waals surface area (Å²) in [7, 11) is 0. The molecule has 0 aromatic carbocycles. The van der Waals surface area contributed by atoms with Gasteiger partial charge in [-0.1, -0.05) is 29.9 Å². The van der Waals surface area contributed by atoms with E-state index in [1.807, 2.05) is 0 Å². The van der Waals surface area contributed by atoms with Crippen LogP contribution in [0.4, 0.5) is 4.79 Å². The van der Waals surface area contributed by atoms with E-state index < -0.39 is 17.2 Å². The summed E-state index contributed by atoms with van der Waals surface area (Å²) in [6, 6.07) is 0. The van der Waals surface area contributed by atoms with Crippen LogP contribution in [0.1, 0.15) is 59.0 Å². The van der Waals surface area contributed by atoms with Gasteiger partial charge in [-0.3, -0.25) is 0 Å². The van der Waals surface area contributed by atoms with Crippen LogP contribution in [-0.2, 0) is 10.3 Å². The molecule has 0 saturated carbocycles. The first-order valence-corrected chi connectivity index (χ1v) is 8.83. The second kappa shape index (κ2) is 7.91. The molecule has 6 nitrogen and oxygen atoms in total. The fraction of sp³-hybridized carbons (Fsp3) is 0.500. The van der Waals surface area contributed by atoms with Crippen LogP contribution in [0, 0.1) is 0 Å². The summed E-state index contributed by atoms with van der Waals surface area (Å²) >= 11 is 0. The summed E-state index contributed by atoms with van der Waals surface area (Å²) in [5.74, 6) is 0.486. The lowest BCUT2D eigenvalue weighted by molar-refractivity contribution is 0.0403. The van der Waals surface area contributed by atoms with Crippen LogP contribution < -0.4 is 5.32 Å². The first kappa shape index (κ1) is 20.0. The van der Waals surface area contributed by atoms with E-state index in [9.17, 15) is 9.90 Å². The third-order valence-electron chi connectivity index (χ3n) is 4.06. The highest BCUT2D eigenvalue weighted by atomic mass is 16.6. The molecular formula is C20H29N3O3. The number of imidazole rings is 1. The molecule has 3 N–H and O–H groups in total. The van der Waals surface area contributed by atoms with Gasteiger partial charge in [-0.2, -0.15) is 0 Å². The molecule has 1 aliphatic rings. The number of nitrogens with one attached hydrogen (secondary N) is 2. The predicted molar refractivity (Wildman–Crippen MR) is 103 cm³/mol. The minimum Gasteiger partial charge on any atom is -0.444 e. The number of alkyl carbamates (subject to hydrolysis) is 1. The average Bonchev–Trinajstić information content (AvgIpc) is 2.99. The molecule has 142 valence electrons. The first-order chi connectivity index (χ1) is 12.1. The van der Waals surface area contributed by atoms with E-state index in [-0.39, 0.29) is 6.61 Å². The van der Waals surface area contributed by atoms with Crippen molar-refractivity contribution < 1.29 is 14.6 Å². The van der Waals surface area contributed by atoms with Gasteiger partial charge in [0.25, 0.3) is 0 Å². The second-order valence-corrected chi connectivity index (χ2v) is 7.78. The van der Waals surface area contributed by atoms with Gasteiger partial charge < -0.3 is 20.1 Å². The summed E-state index contributed by atoms with van der Waals surface area (Å²) < 4.78 is 5.29. The number of H-pyrrole nitrogens is 1. The number of ether oxygens (including phenoxy) is 1. The maximum absolute atomic E-state index is 12.1. The first-order valence-electron chi connectivity index (χ1n) is 8.83. The molecule has 0 spiro atoms. The SMILES string of the molecule is CC1=CC/C=C(/c2cnc(C(C)(CO)NC(=O)OC(C)(C)C)[nH]2)C/C=C\1. The fourth-order valence-electron chi connectivity index (χ4n) is 2.60. The van der Waals surface area contributed by atoms with E-state index in [2.05, 4.69) is 46.5 Å². The van der Waals surface area contributed by atoms with Crippen molar-refractivity contribution in [3.05, 3.63) is 47.6 Å². The number of aliphatic hydroxyl groups is 1. The molecule has 0 bridgehead atoms. The Morgan fingerprint density at radius 1 is 1.35 bits per heavy atom. The molecule has 1 amide bonds. The van der Waals surface area contributed by atoms with Crippen molar-refractivity contribution >= 4 is 11.7 Å². The molecule has 0 radical (unpaired) electrons. The van der Waals surface area contributed by atoms with Gasteiger partial charge >= 0.3 is 6.09 Å². The van der Waals surface area contributed by atoms with Crippen molar-refractivity contribution in [3.8, 4) is 0 Å². The number of carbonyl (C=O) groups is 1. The Bertz CT molecular complexity index is 738. The molecular weight excluding hydrogens is 330 g/mol. The summed E-state index contributed by atoms with van der Waals surface area (Å²) in [5.41, 5.74) is 1.58. The van der Waals surface area contributed by atoms with Crippen LogP contribution in [0.5, 0.6) is 0 Å². The highest BCUT2D eigenvalue weighted by molar-refractivity contribution is 5.69. The van der Waals surface area contributed by atoms with Crippen LogP contribution in [0.3, 0.4) is 0 Å². The molecule has 26 heavy (non-hydrogen) atoms. The van der Waals surface area contributed by atoms with Crippen LogP contribution in [0.2, 0.25) is 0 Å². The molecule has 1 heterocycles. The number of allylic oxidation sites excluding steroid dienone is 6. The van der Waals surface area contributed by atoms with Gasteiger partial charge in [0, 0.05) is 0 Å². The topological polar surface area (TPSA) is 87.2 Å². The molecule has 1 aromatic rings. The average molecular weight is 359 g/mol. The molecule has 1 aromatic heterocycles. The fourth-order valence-corrected chi connectivity index (χ4v) is 2.60. The summed E-state index contributed by atoms with van der Waals surface area (Å²) in [5, 5.41) is 12.6. The molecule has 0 aliphatic heterocycles. The van der Waals surface area contributed by atoms with E-state index in [1.165, 1.54) is 5.57 Å². The van der Waals surface area contributed by atoms with Crippen molar-refractivity contribution in [3.63, 3.8) is 0 Å². The number of amides is 1. The summed E-state index contributed by atoms with van der Waals surface area (Å²) in [6.45, 7) is 8.85. The number of hydrogen-bond donors (Lipinski definition) is 3. The normalized spacial score (nSPS) is 20.7. The zero-order valence-electron chi connectivity index (χ0n) is 16.2. The third-order valence-corrected chi connectivity index (χ3v) is 4.06. The molecule has 6 heteroatoms. The maximum Gasteiger partial charge on any atom is 0.408 e. The quantitative estimate of drug-likeness (QED) is 0.762. The standard InChI is InChI=1S/C20H29N3O3/c1-14-8-6-10-15(11-7-9-14)16-12-21-17(22-16)20(5,13-24)23-18(25)26-19(2,3)4/h6,8-9,11-12,24H,7,10,13H2,1-5H3,(H,21,22)(H,23,25)/b8-6-,14-9?,15-11+. The van der Waals surface area contributed by atoms with Gasteiger partial charge in [0.2, 0.25) is 0 Å². The third kappa shape index (κ3) is 5.33. The Morgan fingerprint density at radius 3 is 2.73 bits per heavy atom. The highest BCUT2D eigenvalue weighted by Gasteiger charge is 2.33. The van der Waals surface area contributed by atoms with E-state index in [1.54, 1.807) is 33.9 Å². The Morgan fingerprint density at radius 2 is 2.08 bits per heavy atom. The van der Waals surface area contributed by atoms with Crippen LogP contribution in [0.15, 0.2) is 36.1 Å². The molecule has 1 unspecified atom stereocenters. The number of hydrogen-bond acceptors (Lipinski definition) is 4. The lowest BCUT2D eigenvalue weighted by Gasteiger charge is -2.28. The van der Waals surface area contributed by atoms with Gasteiger partial charge in [0.15, 0.2) is 0 Å². The zero-order chi connectivity index (χ0) is 19.4. The lowest BCUT2D eigenvalue weighted by Crippen LogP contribution is -2.48. The molecule has 1 atom stereocenters. The Labute approximate surface area is 155 Å². The minimum absolute atomic E-state index is 0.305. The van der Waals surface area contributed by atoms with E-state index >= 15 is 0 Å². The van der Waals surface area contributed by atoms with Gasteiger partial charge in [-0.05, 0) is 53.0 Å². The van der Waals surface area contributed by atoms with Crippen LogP contribution >= 0.6 is 0 Å². The molecule has 1 aliphatic carbocycles. The smallest absolute Gasteiger partial charge is 0.408 e. The lowest BCUT2D eigenvalue weighted by atomic mass is 10.0. The largest absolute Gasteiger partial charge is 0.444 e. The van der Waals surface area contributed by atoms with Crippen molar-refractivity contribution in [2.75, 3.05) is 6.61 Å². The minimum atomic E-state index is -1.06. The number of carbonyl (C=O) groups excluding carboxylic acids is 1. The second-order valence-electron chi connectivity index (χ2n) is 7.78. The zero-order valence-corrected chi connectivity index (χ0v) is 16.2. The predicted octanol–water partition coefficient (Wildman–Crippen LogP) is 3.82. The van der Waals surface area contributed by atoms with Crippen molar-refractivity contribution in [2.24, 2.45) is 0 Å². The Hall–Kier alpha value is -2.34. The monoisotopic (exact) mass is 359 g/mol. The van der Waals surface area contributed by atoms with E-state index in [4.69, 9.17) is 4.74 Å². The molecule has 0 saturated heterocycles. The number of aromatic nitrogens is 2. The Kier molecular flexibility index (Phi) is 6.08. The molecule has 2 rings (SSSR count). The van der Waals surface area contributed by atoms with E-state index in [0.29, 0.717) is 5.82 Å². The van der Waals surface area contributed by atoms with Gasteiger partial charge in [0.1, 0.15) is 17.0 Å². The Balaban J connectivity index is 2.19. The van der Waals surface area contributed by atoms with Crippen molar-refractivity contribution in [2.45, 2.75) is 58.6 Å². The van der Waals surface area contributed by atoms with Gasteiger partial charge in [-0.15, -0.1) is 0 Å². The van der Waals surface area contributed by atoms with Crippen LogP contribution in [0.25, 0.3) is 5.57 Å². The van der Waals surface area contributed by atoms with E-state index in [0.717, 1.165) is 24.1 Å². The van der Waals surface area contributed by atoms with Gasteiger partial charge in [-0.25, -0.2) is 9.78 Å². The maximum atomic E-state index is 12.1. The number of aliphatic hydroxyl groups excluding tert-OH is 1. The summed E-state index contributed by atoms with van der Waals surface area (Å²) in [6.07, 6.45) is 11.3. The summed E-state index contributed by atoms with van der Waals surface area (Å²) in [4.78, 5) is 19.7. The van der Waals surface area contributed by atoms with Crippen molar-refractivity contribution in [1.82, 2.24) is 15.3 Å². The number of rotatable bonds is 4. The number of nitrogens with zero attached hydrogens (tertiary/aromatic N) is 1.